The third kappa shape index (κ3) is 3.58. The van der Waals surface area contributed by atoms with Crippen LogP contribution in [0.25, 0.3) is 0 Å². The van der Waals surface area contributed by atoms with Gasteiger partial charge in [0.05, 0.1) is 0 Å². The van der Waals surface area contributed by atoms with Crippen molar-refractivity contribution >= 4 is 21.6 Å². The van der Waals surface area contributed by atoms with E-state index in [1.54, 1.807) is 0 Å². The van der Waals surface area contributed by atoms with Gasteiger partial charge in [0.25, 0.3) is 0 Å². The maximum Gasteiger partial charge on any atom is 0.0430 e. The minimum absolute atomic E-state index is 0.0181. The summed E-state index contributed by atoms with van der Waals surface area (Å²) in [6, 6.07) is 10.4. The molecular weight excluding hydrogens is 314 g/mol. The maximum atomic E-state index is 6.10. The summed E-state index contributed by atoms with van der Waals surface area (Å²) in [6.45, 7) is 5.97. The molecule has 4 heteroatoms. The van der Waals surface area contributed by atoms with Crippen LogP contribution in [0.2, 0.25) is 0 Å². The lowest BCUT2D eigenvalue weighted by Crippen LogP contribution is -2.24. The third-order valence-corrected chi connectivity index (χ3v) is 3.82. The fourth-order valence-corrected chi connectivity index (χ4v) is 2.60. The number of pyridine rings is 1. The van der Waals surface area contributed by atoms with E-state index in [4.69, 9.17) is 5.73 Å². The Kier molecular flexibility index (Phi) is 5.15. The average Bonchev–Trinajstić information content (AvgIpc) is 2.45. The zero-order valence-electron chi connectivity index (χ0n) is 11.9. The second-order valence-corrected chi connectivity index (χ2v) is 5.78. The molecule has 106 valence electrons. The fourth-order valence-electron chi connectivity index (χ4n) is 2.25. The number of anilines is 1. The minimum atomic E-state index is 0.0181. The van der Waals surface area contributed by atoms with Crippen molar-refractivity contribution in [2.75, 3.05) is 11.4 Å². The Morgan fingerprint density at radius 1 is 1.25 bits per heavy atom. The number of rotatable bonds is 5. The first-order chi connectivity index (χ1) is 9.61. The first-order valence-electron chi connectivity index (χ1n) is 6.80. The maximum absolute atomic E-state index is 6.10. The highest BCUT2D eigenvalue weighted by molar-refractivity contribution is 9.10. The number of benzene rings is 1. The molecule has 0 saturated heterocycles. The molecule has 1 unspecified atom stereocenters. The Morgan fingerprint density at radius 3 is 2.55 bits per heavy atom. The molecule has 0 fully saturated rings. The average molecular weight is 334 g/mol. The van der Waals surface area contributed by atoms with Crippen LogP contribution in [0.3, 0.4) is 0 Å². The fraction of sp³-hybridized carbons (Fsp3) is 0.312. The molecule has 0 bridgehead atoms. The SMILES string of the molecule is CCN(Cc1ccncc1)c1cc(Br)ccc1C(C)N. The van der Waals surface area contributed by atoms with Crippen LogP contribution in [0.5, 0.6) is 0 Å². The van der Waals surface area contributed by atoms with Gasteiger partial charge in [-0.15, -0.1) is 0 Å². The van der Waals surface area contributed by atoms with Crippen LogP contribution < -0.4 is 10.6 Å². The largest absolute Gasteiger partial charge is 0.367 e. The van der Waals surface area contributed by atoms with Crippen LogP contribution in [0.15, 0.2) is 47.2 Å². The van der Waals surface area contributed by atoms with Gasteiger partial charge < -0.3 is 10.6 Å². The Morgan fingerprint density at radius 2 is 1.95 bits per heavy atom. The Labute approximate surface area is 129 Å². The number of nitrogens with two attached hydrogens (primary N) is 1. The van der Waals surface area contributed by atoms with E-state index in [2.05, 4.69) is 44.9 Å². The summed E-state index contributed by atoms with van der Waals surface area (Å²) in [5, 5.41) is 0. The van der Waals surface area contributed by atoms with Gasteiger partial charge in [-0.3, -0.25) is 4.98 Å². The van der Waals surface area contributed by atoms with E-state index in [-0.39, 0.29) is 6.04 Å². The molecule has 1 heterocycles. The molecule has 0 spiro atoms. The monoisotopic (exact) mass is 333 g/mol. The van der Waals surface area contributed by atoms with Crippen LogP contribution in [0.1, 0.15) is 31.0 Å². The van der Waals surface area contributed by atoms with Gasteiger partial charge in [-0.1, -0.05) is 22.0 Å². The molecule has 1 aromatic carbocycles. The molecule has 20 heavy (non-hydrogen) atoms. The summed E-state index contributed by atoms with van der Waals surface area (Å²) in [6.07, 6.45) is 3.66. The van der Waals surface area contributed by atoms with E-state index in [1.807, 2.05) is 37.5 Å². The molecule has 0 aliphatic carbocycles. The van der Waals surface area contributed by atoms with Crippen molar-refractivity contribution in [2.24, 2.45) is 5.73 Å². The van der Waals surface area contributed by atoms with Crippen LogP contribution >= 0.6 is 15.9 Å². The van der Waals surface area contributed by atoms with Crippen molar-refractivity contribution in [3.63, 3.8) is 0 Å². The molecule has 2 N–H and O–H groups in total. The molecule has 0 saturated carbocycles. The van der Waals surface area contributed by atoms with E-state index >= 15 is 0 Å². The van der Waals surface area contributed by atoms with E-state index in [1.165, 1.54) is 16.8 Å². The molecule has 1 aromatic heterocycles. The molecule has 0 amide bonds. The topological polar surface area (TPSA) is 42.2 Å². The van der Waals surface area contributed by atoms with Gasteiger partial charge in [-0.05, 0) is 49.2 Å². The van der Waals surface area contributed by atoms with E-state index in [9.17, 15) is 0 Å². The highest BCUT2D eigenvalue weighted by Crippen LogP contribution is 2.29. The molecular formula is C16H20BrN3. The quantitative estimate of drug-likeness (QED) is 0.902. The Hall–Kier alpha value is -1.39. The van der Waals surface area contributed by atoms with Crippen LogP contribution in [0, 0.1) is 0 Å². The molecule has 1 atom stereocenters. The first-order valence-corrected chi connectivity index (χ1v) is 7.60. The Balaban J connectivity index is 2.34. The van der Waals surface area contributed by atoms with Gasteiger partial charge in [0.15, 0.2) is 0 Å². The van der Waals surface area contributed by atoms with Crippen LogP contribution in [-0.2, 0) is 6.54 Å². The standard InChI is InChI=1S/C16H20BrN3/c1-3-20(11-13-6-8-19-9-7-13)16-10-14(17)4-5-15(16)12(2)18/h4-10,12H,3,11,18H2,1-2H3. The van der Waals surface area contributed by atoms with Gasteiger partial charge in [-0.2, -0.15) is 0 Å². The summed E-state index contributed by atoms with van der Waals surface area (Å²) in [5.74, 6) is 0. The molecule has 0 radical (unpaired) electrons. The number of halogens is 1. The van der Waals surface area contributed by atoms with Crippen molar-refractivity contribution < 1.29 is 0 Å². The van der Waals surface area contributed by atoms with Gasteiger partial charge >= 0.3 is 0 Å². The predicted octanol–water partition coefficient (Wildman–Crippen LogP) is 3.89. The zero-order chi connectivity index (χ0) is 14.5. The first kappa shape index (κ1) is 15.0. The van der Waals surface area contributed by atoms with E-state index < -0.39 is 0 Å². The van der Waals surface area contributed by atoms with E-state index in [0.717, 1.165) is 17.6 Å². The lowest BCUT2D eigenvalue weighted by molar-refractivity contribution is 0.777. The lowest BCUT2D eigenvalue weighted by atomic mass is 10.1. The highest BCUT2D eigenvalue weighted by Gasteiger charge is 2.13. The third-order valence-electron chi connectivity index (χ3n) is 3.33. The van der Waals surface area contributed by atoms with Crippen molar-refractivity contribution in [3.8, 4) is 0 Å². The highest BCUT2D eigenvalue weighted by atomic mass is 79.9. The predicted molar refractivity (Wildman–Crippen MR) is 87.7 cm³/mol. The van der Waals surface area contributed by atoms with Gasteiger partial charge in [0.2, 0.25) is 0 Å². The number of hydrogen-bond donors (Lipinski definition) is 1. The summed E-state index contributed by atoms with van der Waals surface area (Å²) in [4.78, 5) is 6.40. The van der Waals surface area contributed by atoms with Gasteiger partial charge in [0.1, 0.15) is 0 Å². The Bertz CT molecular complexity index is 555. The van der Waals surface area contributed by atoms with Gasteiger partial charge in [0, 0.05) is 41.7 Å². The minimum Gasteiger partial charge on any atom is -0.367 e. The summed E-state index contributed by atoms with van der Waals surface area (Å²) >= 11 is 3.55. The second-order valence-electron chi connectivity index (χ2n) is 4.86. The summed E-state index contributed by atoms with van der Waals surface area (Å²) in [7, 11) is 0. The molecule has 2 rings (SSSR count). The van der Waals surface area contributed by atoms with Crippen molar-refractivity contribution in [3.05, 3.63) is 58.3 Å². The normalized spacial score (nSPS) is 12.2. The lowest BCUT2D eigenvalue weighted by Gasteiger charge is -2.27. The molecule has 3 nitrogen and oxygen atoms in total. The van der Waals surface area contributed by atoms with E-state index in [0.29, 0.717) is 0 Å². The number of nitrogens with zero attached hydrogens (tertiary/aromatic N) is 2. The van der Waals surface area contributed by atoms with Crippen molar-refractivity contribution in [2.45, 2.75) is 26.4 Å². The zero-order valence-corrected chi connectivity index (χ0v) is 13.5. The molecule has 0 aliphatic rings. The summed E-state index contributed by atoms with van der Waals surface area (Å²) < 4.78 is 1.07. The number of hydrogen-bond acceptors (Lipinski definition) is 3. The van der Waals surface area contributed by atoms with Crippen molar-refractivity contribution in [1.29, 1.82) is 0 Å². The summed E-state index contributed by atoms with van der Waals surface area (Å²) in [5.41, 5.74) is 9.71. The molecule has 0 aliphatic heterocycles. The van der Waals surface area contributed by atoms with Crippen LogP contribution in [-0.4, -0.2) is 11.5 Å². The smallest absolute Gasteiger partial charge is 0.0430 e. The second kappa shape index (κ2) is 6.86. The van der Waals surface area contributed by atoms with Gasteiger partial charge in [-0.25, -0.2) is 0 Å². The van der Waals surface area contributed by atoms with Crippen molar-refractivity contribution in [1.82, 2.24) is 4.98 Å². The van der Waals surface area contributed by atoms with Crippen LogP contribution in [0.4, 0.5) is 5.69 Å². The number of aromatic nitrogens is 1. The molecule has 2 aromatic rings.